The van der Waals surface area contributed by atoms with E-state index in [-0.39, 0.29) is 22.5 Å². The minimum absolute atomic E-state index is 0.0506. The van der Waals surface area contributed by atoms with E-state index in [1.54, 1.807) is 43.3 Å². The highest BCUT2D eigenvalue weighted by Crippen LogP contribution is 2.27. The van der Waals surface area contributed by atoms with Gasteiger partial charge in [0.2, 0.25) is 11.2 Å². The molecule has 5 rings (SSSR count). The molecule has 0 aliphatic heterocycles. The van der Waals surface area contributed by atoms with Crippen LogP contribution in [0.1, 0.15) is 6.92 Å². The fourth-order valence-electron chi connectivity index (χ4n) is 3.66. The number of rotatable bonds is 7. The number of esters is 1. The first-order valence-corrected chi connectivity index (χ1v) is 11.9. The molecule has 1 aromatic heterocycles. The van der Waals surface area contributed by atoms with Crippen molar-refractivity contribution in [3.8, 4) is 34.1 Å². The minimum atomic E-state index is -0.868. The van der Waals surface area contributed by atoms with Gasteiger partial charge in [-0.2, -0.15) is 0 Å². The molecule has 5 aromatic rings. The molecule has 184 valence electrons. The molecule has 0 radical (unpaired) electrons. The molecule has 1 atom stereocenters. The largest absolute Gasteiger partial charge is 0.479 e. The second-order valence-corrected chi connectivity index (χ2v) is 8.65. The summed E-state index contributed by atoms with van der Waals surface area (Å²) in [4.78, 5) is 25.4. The Morgan fingerprint density at radius 3 is 2.19 bits per heavy atom. The Balaban J connectivity index is 1.28. The Hall–Kier alpha value is -4.55. The molecule has 7 heteroatoms. The molecule has 0 spiro atoms. The van der Waals surface area contributed by atoms with Gasteiger partial charge in [-0.25, -0.2) is 4.79 Å². The Morgan fingerprint density at radius 2 is 1.46 bits per heavy atom. The molecule has 0 N–H and O–H groups in total. The van der Waals surface area contributed by atoms with Crippen LogP contribution in [0.5, 0.6) is 23.0 Å². The zero-order chi connectivity index (χ0) is 25.8. The van der Waals surface area contributed by atoms with Crippen molar-refractivity contribution in [3.05, 3.63) is 119 Å². The molecule has 1 unspecified atom stereocenters. The van der Waals surface area contributed by atoms with Crippen LogP contribution >= 0.6 is 11.6 Å². The van der Waals surface area contributed by atoms with Crippen LogP contribution in [0.2, 0.25) is 5.02 Å². The Kier molecular flexibility index (Phi) is 6.92. The van der Waals surface area contributed by atoms with Crippen LogP contribution in [0.25, 0.3) is 22.1 Å². The maximum Gasteiger partial charge on any atom is 0.352 e. The van der Waals surface area contributed by atoms with Gasteiger partial charge in [-0.05, 0) is 66.6 Å². The predicted octanol–water partition coefficient (Wildman–Crippen LogP) is 7.28. The van der Waals surface area contributed by atoms with Gasteiger partial charge < -0.3 is 18.6 Å². The number of hydrogen-bond acceptors (Lipinski definition) is 6. The summed E-state index contributed by atoms with van der Waals surface area (Å²) >= 11 is 5.87. The quantitative estimate of drug-likeness (QED) is 0.168. The zero-order valence-corrected chi connectivity index (χ0v) is 20.5. The van der Waals surface area contributed by atoms with Crippen molar-refractivity contribution in [1.82, 2.24) is 0 Å². The van der Waals surface area contributed by atoms with Crippen LogP contribution in [0.3, 0.4) is 0 Å². The van der Waals surface area contributed by atoms with E-state index in [0.29, 0.717) is 21.9 Å². The van der Waals surface area contributed by atoms with E-state index in [1.165, 1.54) is 24.5 Å². The van der Waals surface area contributed by atoms with Gasteiger partial charge in [0, 0.05) is 11.1 Å². The maximum atomic E-state index is 13.0. The number of ether oxygens (including phenoxy) is 3. The second-order valence-electron chi connectivity index (χ2n) is 8.21. The van der Waals surface area contributed by atoms with Crippen molar-refractivity contribution in [2.45, 2.75) is 13.0 Å². The Labute approximate surface area is 217 Å². The first kappa shape index (κ1) is 24.2. The zero-order valence-electron chi connectivity index (χ0n) is 19.7. The summed E-state index contributed by atoms with van der Waals surface area (Å²) in [6.07, 6.45) is 0.376. The lowest BCUT2D eigenvalue weighted by Gasteiger charge is -2.14. The normalized spacial score (nSPS) is 11.6. The molecule has 0 aliphatic carbocycles. The molecule has 4 aromatic carbocycles. The number of fused-ring (bicyclic) bond motifs is 1. The van der Waals surface area contributed by atoms with Crippen LogP contribution in [0, 0.1) is 0 Å². The summed E-state index contributed by atoms with van der Waals surface area (Å²) in [6, 6.07) is 28.6. The monoisotopic (exact) mass is 512 g/mol. The fourth-order valence-corrected chi connectivity index (χ4v) is 3.79. The van der Waals surface area contributed by atoms with Crippen LogP contribution < -0.4 is 19.6 Å². The number of hydrogen-bond donors (Lipinski definition) is 0. The van der Waals surface area contributed by atoms with Gasteiger partial charge in [-0.3, -0.25) is 4.79 Å². The Bertz CT molecular complexity index is 1590. The summed E-state index contributed by atoms with van der Waals surface area (Å²) in [5.74, 6) is 0.662. The average Bonchev–Trinajstić information content (AvgIpc) is 2.92. The van der Waals surface area contributed by atoms with Crippen molar-refractivity contribution in [2.75, 3.05) is 0 Å². The highest BCUT2D eigenvalue weighted by molar-refractivity contribution is 6.30. The van der Waals surface area contributed by atoms with Gasteiger partial charge in [-0.15, -0.1) is 0 Å². The van der Waals surface area contributed by atoms with E-state index in [0.717, 1.165) is 11.1 Å². The predicted molar refractivity (Wildman–Crippen MR) is 142 cm³/mol. The number of benzene rings is 4. The molecule has 0 aliphatic rings. The summed E-state index contributed by atoms with van der Waals surface area (Å²) in [6.45, 7) is 1.58. The second kappa shape index (κ2) is 10.6. The Morgan fingerprint density at radius 1 is 0.811 bits per heavy atom. The van der Waals surface area contributed by atoms with Crippen molar-refractivity contribution in [1.29, 1.82) is 0 Å². The molecule has 37 heavy (non-hydrogen) atoms. The first-order chi connectivity index (χ1) is 18.0. The average molecular weight is 513 g/mol. The van der Waals surface area contributed by atoms with E-state index in [4.69, 9.17) is 30.2 Å². The molecule has 0 saturated carbocycles. The van der Waals surface area contributed by atoms with Gasteiger partial charge in [0.05, 0.1) is 5.39 Å². The van der Waals surface area contributed by atoms with Crippen molar-refractivity contribution < 1.29 is 23.4 Å². The number of halogens is 1. The van der Waals surface area contributed by atoms with Gasteiger partial charge >= 0.3 is 5.97 Å². The highest BCUT2D eigenvalue weighted by atomic mass is 35.5. The molecular formula is C30H21ClO6. The standard InChI is InChI=1S/C30H21ClO6/c1-19(35-23-13-9-22(31)10-14-23)30(33)37-25-15-16-26-27(17-25)34-18-28(29(26)32)36-24-11-7-21(8-12-24)20-5-3-2-4-6-20/h2-19H,1H3. The van der Waals surface area contributed by atoms with Crippen molar-refractivity contribution in [3.63, 3.8) is 0 Å². The third kappa shape index (κ3) is 5.66. The van der Waals surface area contributed by atoms with E-state index in [2.05, 4.69) is 0 Å². The summed E-state index contributed by atoms with van der Waals surface area (Å²) < 4.78 is 22.4. The van der Waals surface area contributed by atoms with Gasteiger partial charge in [-0.1, -0.05) is 54.1 Å². The molecule has 1 heterocycles. The summed E-state index contributed by atoms with van der Waals surface area (Å²) in [7, 11) is 0. The summed E-state index contributed by atoms with van der Waals surface area (Å²) in [5.41, 5.74) is 2.04. The third-order valence-electron chi connectivity index (χ3n) is 5.58. The van der Waals surface area contributed by atoms with Crippen molar-refractivity contribution in [2.24, 2.45) is 0 Å². The lowest BCUT2D eigenvalue weighted by Crippen LogP contribution is -2.28. The third-order valence-corrected chi connectivity index (χ3v) is 5.83. The van der Waals surface area contributed by atoms with E-state index >= 15 is 0 Å². The molecule has 6 nitrogen and oxygen atoms in total. The van der Waals surface area contributed by atoms with Gasteiger partial charge in [0.1, 0.15) is 29.1 Å². The lowest BCUT2D eigenvalue weighted by molar-refractivity contribution is -0.141. The fraction of sp³-hybridized carbons (Fsp3) is 0.0667. The van der Waals surface area contributed by atoms with Crippen LogP contribution in [-0.2, 0) is 4.79 Å². The van der Waals surface area contributed by atoms with Crippen LogP contribution in [-0.4, -0.2) is 12.1 Å². The first-order valence-electron chi connectivity index (χ1n) is 11.5. The van der Waals surface area contributed by atoms with Gasteiger partial charge in [0.15, 0.2) is 6.10 Å². The van der Waals surface area contributed by atoms with E-state index in [9.17, 15) is 9.59 Å². The maximum absolute atomic E-state index is 13.0. The number of carbonyl (C=O) groups excluding carboxylic acids is 1. The molecule has 0 saturated heterocycles. The van der Waals surface area contributed by atoms with E-state index in [1.807, 2.05) is 42.5 Å². The summed E-state index contributed by atoms with van der Waals surface area (Å²) in [5, 5.41) is 0.860. The van der Waals surface area contributed by atoms with Crippen molar-refractivity contribution >= 4 is 28.5 Å². The molecule has 0 bridgehead atoms. The SMILES string of the molecule is CC(Oc1ccc(Cl)cc1)C(=O)Oc1ccc2c(=O)c(Oc3ccc(-c4ccccc4)cc3)coc2c1. The van der Waals surface area contributed by atoms with Crippen LogP contribution in [0.4, 0.5) is 0 Å². The molecule has 0 fully saturated rings. The highest BCUT2D eigenvalue weighted by Gasteiger charge is 2.18. The topological polar surface area (TPSA) is 75.0 Å². The van der Waals surface area contributed by atoms with Crippen LogP contribution in [0.15, 0.2) is 113 Å². The smallest absolute Gasteiger partial charge is 0.352 e. The van der Waals surface area contributed by atoms with E-state index < -0.39 is 12.1 Å². The lowest BCUT2D eigenvalue weighted by atomic mass is 10.1. The molecule has 0 amide bonds. The molecular weight excluding hydrogens is 492 g/mol. The van der Waals surface area contributed by atoms with Gasteiger partial charge in [0.25, 0.3) is 0 Å². The number of carbonyl (C=O) groups is 1. The minimum Gasteiger partial charge on any atom is -0.479 e.